The number of rotatable bonds is 3. The first-order valence-electron chi connectivity index (χ1n) is 3.27. The third-order valence-corrected chi connectivity index (χ3v) is 1.38. The standard InChI is InChI=1S/C7H7N2O4/c1-4(7(8)10)5-2-3-6(13-5)9(11)12/h2-3,11H,1H2,(H2,8,10)/q-1. The number of primary amides is 1. The predicted molar refractivity (Wildman–Crippen MR) is 44.6 cm³/mol. The second kappa shape index (κ2) is 3.30. The summed E-state index contributed by atoms with van der Waals surface area (Å²) < 4.78 is 4.73. The van der Waals surface area contributed by atoms with Gasteiger partial charge in [0, 0.05) is 6.07 Å². The number of carbonyl (C=O) groups excluding carboxylic acids is 1. The van der Waals surface area contributed by atoms with Crippen molar-refractivity contribution in [1.29, 1.82) is 0 Å². The Bertz CT molecular complexity index is 342. The van der Waals surface area contributed by atoms with E-state index in [0.717, 1.165) is 0 Å². The molecular weight excluding hydrogens is 176 g/mol. The summed E-state index contributed by atoms with van der Waals surface area (Å²) in [4.78, 5) is 10.6. The highest BCUT2D eigenvalue weighted by Crippen LogP contribution is 2.21. The Balaban J connectivity index is 2.92. The maximum Gasteiger partial charge on any atom is 0.251 e. The van der Waals surface area contributed by atoms with Crippen molar-refractivity contribution in [3.8, 4) is 0 Å². The number of carbonyl (C=O) groups is 1. The van der Waals surface area contributed by atoms with Gasteiger partial charge in [-0.15, -0.1) is 0 Å². The molecule has 0 atom stereocenters. The highest BCUT2D eigenvalue weighted by atomic mass is 16.8. The highest BCUT2D eigenvalue weighted by molar-refractivity contribution is 6.17. The molecule has 70 valence electrons. The molecule has 0 aliphatic heterocycles. The molecule has 0 aliphatic carbocycles. The molecule has 0 radical (unpaired) electrons. The van der Waals surface area contributed by atoms with Crippen molar-refractivity contribution >= 4 is 17.4 Å². The van der Waals surface area contributed by atoms with Gasteiger partial charge in [-0.1, -0.05) is 6.58 Å². The van der Waals surface area contributed by atoms with E-state index >= 15 is 0 Å². The molecular formula is C7H7N2O4-. The molecule has 0 saturated carbocycles. The normalized spacial score (nSPS) is 9.69. The zero-order valence-corrected chi connectivity index (χ0v) is 6.56. The molecule has 0 spiro atoms. The molecule has 1 aromatic heterocycles. The van der Waals surface area contributed by atoms with Gasteiger partial charge in [-0.05, 0) is 6.07 Å². The molecule has 13 heavy (non-hydrogen) atoms. The van der Waals surface area contributed by atoms with Crippen molar-refractivity contribution in [3.05, 3.63) is 29.7 Å². The summed E-state index contributed by atoms with van der Waals surface area (Å²) in [5.74, 6) is -1.04. The van der Waals surface area contributed by atoms with Gasteiger partial charge in [0.25, 0.3) is 5.91 Å². The first kappa shape index (κ1) is 9.30. The van der Waals surface area contributed by atoms with Crippen LogP contribution in [0.4, 0.5) is 5.88 Å². The Kier molecular flexibility index (Phi) is 2.36. The smallest absolute Gasteiger partial charge is 0.251 e. The molecule has 3 N–H and O–H groups in total. The van der Waals surface area contributed by atoms with Gasteiger partial charge >= 0.3 is 0 Å². The summed E-state index contributed by atoms with van der Waals surface area (Å²) in [7, 11) is 0. The highest BCUT2D eigenvalue weighted by Gasteiger charge is 2.10. The fourth-order valence-electron chi connectivity index (χ4n) is 0.714. The van der Waals surface area contributed by atoms with Crippen LogP contribution in [0.2, 0.25) is 0 Å². The number of anilines is 1. The molecule has 0 bridgehead atoms. The fraction of sp³-hybridized carbons (Fsp3) is 0. The van der Waals surface area contributed by atoms with Crippen molar-refractivity contribution in [2.75, 3.05) is 5.23 Å². The fourth-order valence-corrected chi connectivity index (χ4v) is 0.714. The quantitative estimate of drug-likeness (QED) is 0.523. The van der Waals surface area contributed by atoms with Gasteiger partial charge < -0.3 is 15.4 Å². The van der Waals surface area contributed by atoms with E-state index in [0.29, 0.717) is 0 Å². The van der Waals surface area contributed by atoms with Gasteiger partial charge in [0.1, 0.15) is 5.76 Å². The van der Waals surface area contributed by atoms with Gasteiger partial charge in [-0.2, -0.15) is 0 Å². The molecule has 1 amide bonds. The summed E-state index contributed by atoms with van der Waals surface area (Å²) in [6.45, 7) is 3.33. The van der Waals surface area contributed by atoms with Gasteiger partial charge in [-0.25, -0.2) is 0 Å². The zero-order chi connectivity index (χ0) is 10.0. The molecule has 0 saturated heterocycles. The van der Waals surface area contributed by atoms with E-state index in [9.17, 15) is 10.0 Å². The van der Waals surface area contributed by atoms with E-state index in [2.05, 4.69) is 6.58 Å². The van der Waals surface area contributed by atoms with Gasteiger partial charge in [-0.3, -0.25) is 15.2 Å². The van der Waals surface area contributed by atoms with Crippen LogP contribution in [0.3, 0.4) is 0 Å². The Morgan fingerprint density at radius 2 is 2.31 bits per heavy atom. The van der Waals surface area contributed by atoms with Crippen LogP contribution in [0.5, 0.6) is 0 Å². The minimum absolute atomic E-state index is 0.0531. The van der Waals surface area contributed by atoms with Crippen molar-refractivity contribution in [2.24, 2.45) is 5.73 Å². The SMILES string of the molecule is C=C(C(N)=O)c1ccc(N([O-])O)o1. The first-order chi connectivity index (χ1) is 6.02. The molecule has 0 unspecified atom stereocenters. The first-order valence-corrected chi connectivity index (χ1v) is 3.27. The monoisotopic (exact) mass is 183 g/mol. The number of hydrogen-bond acceptors (Lipinski definition) is 5. The van der Waals surface area contributed by atoms with E-state index in [4.69, 9.17) is 15.4 Å². The van der Waals surface area contributed by atoms with Crippen LogP contribution in [0.15, 0.2) is 23.1 Å². The zero-order valence-electron chi connectivity index (χ0n) is 6.56. The van der Waals surface area contributed by atoms with E-state index < -0.39 is 11.1 Å². The van der Waals surface area contributed by atoms with Crippen molar-refractivity contribution in [2.45, 2.75) is 0 Å². The van der Waals surface area contributed by atoms with E-state index in [1.165, 1.54) is 12.1 Å². The predicted octanol–water partition coefficient (Wildman–Crippen LogP) is 0.472. The largest absolute Gasteiger partial charge is 0.731 e. The van der Waals surface area contributed by atoms with E-state index in [1.54, 1.807) is 0 Å². The average molecular weight is 183 g/mol. The number of hydrogen-bond donors (Lipinski definition) is 2. The van der Waals surface area contributed by atoms with Crippen LogP contribution >= 0.6 is 0 Å². The van der Waals surface area contributed by atoms with Crippen LogP contribution in [0.25, 0.3) is 5.57 Å². The second-order valence-electron chi connectivity index (χ2n) is 2.25. The third-order valence-electron chi connectivity index (χ3n) is 1.38. The van der Waals surface area contributed by atoms with Crippen molar-refractivity contribution < 1.29 is 14.4 Å². The molecule has 6 nitrogen and oxygen atoms in total. The lowest BCUT2D eigenvalue weighted by atomic mass is 10.2. The summed E-state index contributed by atoms with van der Waals surface area (Å²) in [6, 6.07) is 2.50. The van der Waals surface area contributed by atoms with Crippen LogP contribution in [-0.2, 0) is 4.79 Å². The number of amides is 1. The lowest BCUT2D eigenvalue weighted by Gasteiger charge is -2.16. The van der Waals surface area contributed by atoms with Crippen molar-refractivity contribution in [1.82, 2.24) is 0 Å². The number of nitrogens with two attached hydrogens (primary N) is 1. The Labute approximate surface area is 73.4 Å². The van der Waals surface area contributed by atoms with E-state index in [-0.39, 0.29) is 17.2 Å². The number of nitrogens with zero attached hydrogens (tertiary/aromatic N) is 1. The maximum atomic E-state index is 10.6. The van der Waals surface area contributed by atoms with Crippen LogP contribution < -0.4 is 11.0 Å². The van der Waals surface area contributed by atoms with Gasteiger partial charge in [0.15, 0.2) is 0 Å². The summed E-state index contributed by atoms with van der Waals surface area (Å²) >= 11 is 0. The summed E-state index contributed by atoms with van der Waals surface area (Å²) in [5, 5.41) is 18.2. The second-order valence-corrected chi connectivity index (χ2v) is 2.25. The molecule has 6 heteroatoms. The van der Waals surface area contributed by atoms with Crippen LogP contribution in [-0.4, -0.2) is 11.1 Å². The topological polar surface area (TPSA) is 103 Å². The molecule has 0 aromatic carbocycles. The minimum Gasteiger partial charge on any atom is -0.731 e. The van der Waals surface area contributed by atoms with E-state index in [1.807, 2.05) is 0 Å². The summed E-state index contributed by atoms with van der Waals surface area (Å²) in [6.07, 6.45) is 0. The summed E-state index contributed by atoms with van der Waals surface area (Å²) in [5.41, 5.74) is 4.84. The third kappa shape index (κ3) is 1.86. The minimum atomic E-state index is -0.753. The van der Waals surface area contributed by atoms with Gasteiger partial charge in [0.05, 0.1) is 5.57 Å². The molecule has 0 aliphatic rings. The Hall–Kier alpha value is -1.79. The molecule has 1 heterocycles. The average Bonchev–Trinajstić information content (AvgIpc) is 2.50. The maximum absolute atomic E-state index is 10.6. The molecule has 1 rings (SSSR count). The van der Waals surface area contributed by atoms with Crippen molar-refractivity contribution in [3.63, 3.8) is 0 Å². The lowest BCUT2D eigenvalue weighted by Crippen LogP contribution is -2.11. The Morgan fingerprint density at radius 1 is 1.69 bits per heavy atom. The van der Waals surface area contributed by atoms with Gasteiger partial charge in [0.2, 0.25) is 5.88 Å². The van der Waals surface area contributed by atoms with Crippen LogP contribution in [0, 0.1) is 5.21 Å². The van der Waals surface area contributed by atoms with Crippen LogP contribution in [0.1, 0.15) is 5.76 Å². The number of furan rings is 1. The molecule has 1 aromatic rings. The molecule has 0 fully saturated rings. The lowest BCUT2D eigenvalue weighted by molar-refractivity contribution is -0.112. The Morgan fingerprint density at radius 3 is 2.69 bits per heavy atom.